The Hall–Kier alpha value is -3.14. The minimum atomic E-state index is -0.414. The molecule has 1 saturated carbocycles. The van der Waals surface area contributed by atoms with Crippen LogP contribution in [0.4, 0.5) is 0 Å². The highest BCUT2D eigenvalue weighted by Crippen LogP contribution is 2.46. The normalized spacial score (nSPS) is 21.6. The minimum absolute atomic E-state index is 0.0280. The van der Waals surface area contributed by atoms with Gasteiger partial charge in [-0.1, -0.05) is 30.3 Å². The van der Waals surface area contributed by atoms with Crippen LogP contribution in [0.15, 0.2) is 48.8 Å². The molecule has 4 heteroatoms. The number of ketones is 2. The van der Waals surface area contributed by atoms with Crippen molar-refractivity contribution in [3.8, 4) is 0 Å². The van der Waals surface area contributed by atoms with Gasteiger partial charge in [-0.2, -0.15) is 0 Å². The molecule has 2 aliphatic rings. The van der Waals surface area contributed by atoms with Gasteiger partial charge < -0.3 is 9.55 Å². The highest BCUT2D eigenvalue weighted by molar-refractivity contribution is 6.15. The predicted octanol–water partition coefficient (Wildman–Crippen LogP) is 4.79. The van der Waals surface area contributed by atoms with Gasteiger partial charge in [-0.05, 0) is 48.1 Å². The summed E-state index contributed by atoms with van der Waals surface area (Å²) in [6, 6.07) is 12.6. The molecule has 1 aliphatic carbocycles. The van der Waals surface area contributed by atoms with Gasteiger partial charge in [0, 0.05) is 35.2 Å². The summed E-state index contributed by atoms with van der Waals surface area (Å²) in [5, 5.41) is 2.18. The Kier molecular flexibility index (Phi) is 3.43. The number of carbonyl (C=O) groups is 2. The molecule has 0 radical (unpaired) electrons. The summed E-state index contributed by atoms with van der Waals surface area (Å²) in [7, 11) is 0. The van der Waals surface area contributed by atoms with Crippen molar-refractivity contribution in [1.82, 2.24) is 9.55 Å². The molecule has 3 heterocycles. The molecule has 29 heavy (non-hydrogen) atoms. The Morgan fingerprint density at radius 2 is 1.83 bits per heavy atom. The fraction of sp³-hybridized carbons (Fsp3) is 0.280. The molecule has 0 spiro atoms. The number of rotatable bonds is 2. The first-order valence-electron chi connectivity index (χ1n) is 10.4. The van der Waals surface area contributed by atoms with E-state index in [0.717, 1.165) is 46.8 Å². The largest absolute Gasteiger partial charge is 0.361 e. The van der Waals surface area contributed by atoms with Gasteiger partial charge in [-0.15, -0.1) is 0 Å². The van der Waals surface area contributed by atoms with E-state index in [-0.39, 0.29) is 18.0 Å². The Morgan fingerprint density at radius 3 is 2.69 bits per heavy atom. The molecule has 2 atom stereocenters. The summed E-state index contributed by atoms with van der Waals surface area (Å²) in [6.07, 6.45) is 6.29. The zero-order valence-electron chi connectivity index (χ0n) is 16.4. The first-order valence-corrected chi connectivity index (χ1v) is 10.4. The number of fused-ring (bicyclic) bond motifs is 1. The molecule has 1 fully saturated rings. The lowest BCUT2D eigenvalue weighted by Gasteiger charge is -2.17. The average Bonchev–Trinajstić information content (AvgIpc) is 3.36. The highest BCUT2D eigenvalue weighted by Gasteiger charge is 2.45. The van der Waals surface area contributed by atoms with E-state index in [1.165, 1.54) is 16.6 Å². The second-order valence-electron chi connectivity index (χ2n) is 8.55. The van der Waals surface area contributed by atoms with E-state index in [2.05, 4.69) is 59.1 Å². The van der Waals surface area contributed by atoms with E-state index in [1.54, 1.807) is 0 Å². The maximum Gasteiger partial charge on any atom is 0.148 e. The number of nitrogens with zero attached hydrogens (tertiary/aromatic N) is 1. The van der Waals surface area contributed by atoms with Gasteiger partial charge in [0.1, 0.15) is 11.6 Å². The van der Waals surface area contributed by atoms with Crippen molar-refractivity contribution in [2.75, 3.05) is 0 Å². The van der Waals surface area contributed by atoms with Gasteiger partial charge >= 0.3 is 0 Å². The number of aromatic amines is 1. The highest BCUT2D eigenvalue weighted by atomic mass is 16.2. The monoisotopic (exact) mass is 382 g/mol. The first kappa shape index (κ1) is 16.8. The molecule has 2 aromatic heterocycles. The zero-order chi connectivity index (χ0) is 19.7. The summed E-state index contributed by atoms with van der Waals surface area (Å²) >= 11 is 0. The van der Waals surface area contributed by atoms with E-state index < -0.39 is 11.8 Å². The number of para-hydroxylation sites is 1. The third-order valence-corrected chi connectivity index (χ3v) is 6.77. The van der Waals surface area contributed by atoms with E-state index in [1.807, 2.05) is 6.20 Å². The van der Waals surface area contributed by atoms with Crippen LogP contribution in [-0.2, 0) is 22.6 Å². The van der Waals surface area contributed by atoms with Gasteiger partial charge in [0.2, 0.25) is 0 Å². The number of hydrogen-bond acceptors (Lipinski definition) is 2. The van der Waals surface area contributed by atoms with Crippen LogP contribution >= 0.6 is 0 Å². The summed E-state index contributed by atoms with van der Waals surface area (Å²) in [6.45, 7) is 3.03. The lowest BCUT2D eigenvalue weighted by Crippen LogP contribution is -2.14. The van der Waals surface area contributed by atoms with E-state index in [9.17, 15) is 9.59 Å². The van der Waals surface area contributed by atoms with Crippen molar-refractivity contribution in [2.45, 2.75) is 44.6 Å². The smallest absolute Gasteiger partial charge is 0.148 e. The summed E-state index contributed by atoms with van der Waals surface area (Å²) in [5.74, 6) is -0.735. The Balaban J connectivity index is 1.57. The standard InChI is InChI=1S/C25H22N2O2/c1-14-7-8-16-18(12-26-20(16)10-14)23-21(28)11-22(29)24(23)19-13-27-9-3-5-15-4-2-6-17(19)25(15)27/h2,4,6-8,10,12-13,23-24,26H,3,5,9,11H2,1H3/t23-,24-/m0/s1. The van der Waals surface area contributed by atoms with Crippen LogP contribution in [0.5, 0.6) is 0 Å². The molecule has 144 valence electrons. The van der Waals surface area contributed by atoms with E-state index >= 15 is 0 Å². The van der Waals surface area contributed by atoms with Crippen molar-refractivity contribution in [3.63, 3.8) is 0 Å². The van der Waals surface area contributed by atoms with Crippen molar-refractivity contribution < 1.29 is 9.59 Å². The average molecular weight is 382 g/mol. The number of aryl methyl sites for hydroxylation is 3. The molecule has 0 amide bonds. The maximum absolute atomic E-state index is 13.1. The Morgan fingerprint density at radius 1 is 1.00 bits per heavy atom. The van der Waals surface area contributed by atoms with Gasteiger partial charge in [0.05, 0.1) is 23.8 Å². The minimum Gasteiger partial charge on any atom is -0.361 e. The van der Waals surface area contributed by atoms with Crippen molar-refractivity contribution >= 4 is 33.4 Å². The van der Waals surface area contributed by atoms with Crippen LogP contribution in [0, 0.1) is 6.92 Å². The van der Waals surface area contributed by atoms with Crippen molar-refractivity contribution in [2.24, 2.45) is 0 Å². The first-order chi connectivity index (χ1) is 14.1. The summed E-state index contributed by atoms with van der Waals surface area (Å²) in [4.78, 5) is 29.4. The molecule has 0 unspecified atom stereocenters. The van der Waals surface area contributed by atoms with Crippen molar-refractivity contribution in [1.29, 1.82) is 0 Å². The molecule has 0 saturated heterocycles. The van der Waals surface area contributed by atoms with Gasteiger partial charge in [0.25, 0.3) is 0 Å². The molecule has 4 aromatic rings. The van der Waals surface area contributed by atoms with Crippen LogP contribution in [-0.4, -0.2) is 21.1 Å². The second kappa shape index (κ2) is 5.93. The molecule has 1 aliphatic heterocycles. The van der Waals surface area contributed by atoms with Crippen LogP contribution in [0.1, 0.15) is 46.9 Å². The van der Waals surface area contributed by atoms with Crippen LogP contribution in [0.25, 0.3) is 21.8 Å². The Labute approximate surface area is 168 Å². The fourth-order valence-electron chi connectivity index (χ4n) is 5.52. The molecule has 4 nitrogen and oxygen atoms in total. The number of carbonyl (C=O) groups excluding carboxylic acids is 2. The summed E-state index contributed by atoms with van der Waals surface area (Å²) in [5.41, 5.74) is 6.75. The molecule has 6 rings (SSSR count). The number of H-pyrrole nitrogens is 1. The topological polar surface area (TPSA) is 54.9 Å². The Bertz CT molecular complexity index is 1320. The molecular formula is C25H22N2O2. The number of Topliss-reactive ketones (excluding diaryl/α,β-unsaturated/α-hetero) is 2. The quantitative estimate of drug-likeness (QED) is 0.507. The lowest BCUT2D eigenvalue weighted by atomic mass is 9.82. The zero-order valence-corrected chi connectivity index (χ0v) is 16.4. The van der Waals surface area contributed by atoms with Crippen LogP contribution in [0.3, 0.4) is 0 Å². The van der Waals surface area contributed by atoms with Crippen molar-refractivity contribution in [3.05, 3.63) is 71.0 Å². The fourth-order valence-corrected chi connectivity index (χ4v) is 5.52. The van der Waals surface area contributed by atoms with Gasteiger partial charge in [-0.25, -0.2) is 0 Å². The number of aromatic nitrogens is 2. The van der Waals surface area contributed by atoms with Crippen LogP contribution in [0.2, 0.25) is 0 Å². The van der Waals surface area contributed by atoms with E-state index in [0.29, 0.717) is 0 Å². The molecule has 2 aromatic carbocycles. The molecule has 1 N–H and O–H groups in total. The second-order valence-corrected chi connectivity index (χ2v) is 8.55. The molecular weight excluding hydrogens is 360 g/mol. The summed E-state index contributed by atoms with van der Waals surface area (Å²) < 4.78 is 2.29. The maximum atomic E-state index is 13.1. The third kappa shape index (κ3) is 2.32. The lowest BCUT2D eigenvalue weighted by molar-refractivity contribution is -0.122. The van der Waals surface area contributed by atoms with E-state index in [4.69, 9.17) is 0 Å². The number of benzene rings is 2. The molecule has 0 bridgehead atoms. The number of nitrogens with one attached hydrogen (secondary N) is 1. The predicted molar refractivity (Wildman–Crippen MR) is 113 cm³/mol. The van der Waals surface area contributed by atoms with Crippen LogP contribution < -0.4 is 0 Å². The number of hydrogen-bond donors (Lipinski definition) is 1. The third-order valence-electron chi connectivity index (χ3n) is 6.77. The van der Waals surface area contributed by atoms with Gasteiger partial charge in [0.15, 0.2) is 0 Å². The SMILES string of the molecule is Cc1ccc2c([C@H]3C(=O)CC(=O)[C@@H]3c3cn4c5c(cccc35)CCC4)c[nH]c2c1. The van der Waals surface area contributed by atoms with Gasteiger partial charge in [-0.3, -0.25) is 9.59 Å².